The molecule has 66 heavy (non-hydrogen) atoms. The van der Waals surface area contributed by atoms with Crippen molar-refractivity contribution in [3.8, 4) is 0 Å². The summed E-state index contributed by atoms with van der Waals surface area (Å²) in [5.74, 6) is -1.75. The minimum absolute atomic E-state index is 0.145. The second-order valence-electron chi connectivity index (χ2n) is 19.2. The molecule has 0 saturated carbocycles. The van der Waals surface area contributed by atoms with Gasteiger partial charge in [-0.05, 0) is 37.8 Å². The predicted octanol–water partition coefficient (Wildman–Crippen LogP) is 15.3. The molecule has 0 unspecified atom stereocenters. The van der Waals surface area contributed by atoms with Gasteiger partial charge in [0.2, 0.25) is 5.91 Å². The second kappa shape index (κ2) is 48.5. The summed E-state index contributed by atoms with van der Waals surface area (Å²) in [6.07, 6.45) is 49.8. The molecular weight excluding hydrogens is 831 g/mol. The monoisotopic (exact) mass is 934 g/mol. The third-order valence-corrected chi connectivity index (χ3v) is 12.5. The van der Waals surface area contributed by atoms with E-state index in [4.69, 9.17) is 18.9 Å². The van der Waals surface area contributed by atoms with Crippen LogP contribution >= 0.6 is 0 Å². The van der Waals surface area contributed by atoms with E-state index in [1.807, 2.05) is 0 Å². The third-order valence-electron chi connectivity index (χ3n) is 12.5. The molecule has 0 bridgehead atoms. The van der Waals surface area contributed by atoms with E-state index in [1.165, 1.54) is 220 Å². The Morgan fingerprint density at radius 3 is 1.11 bits per heavy atom. The minimum Gasteiger partial charge on any atom is -0.466 e. The number of ether oxygens (including phenoxy) is 4. The molecular formula is C56H103NO9. The van der Waals surface area contributed by atoms with Crippen molar-refractivity contribution in [2.24, 2.45) is 0 Å². The zero-order chi connectivity index (χ0) is 48.6. The van der Waals surface area contributed by atoms with E-state index in [0.717, 1.165) is 44.9 Å². The Hall–Kier alpha value is -2.91. The van der Waals surface area contributed by atoms with Crippen LogP contribution in [0.5, 0.6) is 0 Å². The highest BCUT2D eigenvalue weighted by Gasteiger charge is 2.26. The molecule has 386 valence electrons. The highest BCUT2D eigenvalue weighted by atomic mass is 16.6. The Morgan fingerprint density at radius 2 is 0.742 bits per heavy atom. The SMILES string of the molecule is CCCCCCCCCCCC[C@H](/C=C/[C@@H](OC(C)=O)[C@H](COC(C)=O)NC(=O)CCCCCCCCCCCCCCCCCCCCCCCCCCCCCOC(C)=O)OC(C)=O. The number of nitrogens with one attached hydrogen (secondary N) is 1. The quantitative estimate of drug-likeness (QED) is 0.0274. The topological polar surface area (TPSA) is 134 Å². The Kier molecular flexibility index (Phi) is 46.4. The van der Waals surface area contributed by atoms with E-state index in [0.29, 0.717) is 19.4 Å². The van der Waals surface area contributed by atoms with Gasteiger partial charge in [0.1, 0.15) is 24.9 Å². The van der Waals surface area contributed by atoms with Crippen molar-refractivity contribution in [1.82, 2.24) is 5.32 Å². The zero-order valence-corrected chi connectivity index (χ0v) is 43.6. The van der Waals surface area contributed by atoms with E-state index in [9.17, 15) is 24.0 Å². The first-order chi connectivity index (χ1) is 32.0. The molecule has 10 nitrogen and oxygen atoms in total. The van der Waals surface area contributed by atoms with Gasteiger partial charge in [0.15, 0.2) is 0 Å². The molecule has 3 atom stereocenters. The van der Waals surface area contributed by atoms with Gasteiger partial charge in [-0.3, -0.25) is 24.0 Å². The maximum absolute atomic E-state index is 13.1. The highest BCUT2D eigenvalue weighted by molar-refractivity contribution is 5.76. The van der Waals surface area contributed by atoms with Gasteiger partial charge in [0.05, 0.1) is 6.61 Å². The Balaban J connectivity index is 4.11. The van der Waals surface area contributed by atoms with Gasteiger partial charge in [-0.25, -0.2) is 0 Å². The maximum Gasteiger partial charge on any atom is 0.303 e. The van der Waals surface area contributed by atoms with Crippen molar-refractivity contribution in [2.45, 2.75) is 303 Å². The Morgan fingerprint density at radius 1 is 0.394 bits per heavy atom. The summed E-state index contributed by atoms with van der Waals surface area (Å²) < 4.78 is 21.4. The van der Waals surface area contributed by atoms with Crippen LogP contribution in [0.25, 0.3) is 0 Å². The fourth-order valence-corrected chi connectivity index (χ4v) is 8.65. The first-order valence-corrected chi connectivity index (χ1v) is 27.6. The van der Waals surface area contributed by atoms with Crippen LogP contribution in [0.3, 0.4) is 0 Å². The summed E-state index contributed by atoms with van der Waals surface area (Å²) in [6, 6.07) is -0.775. The highest BCUT2D eigenvalue weighted by Crippen LogP contribution is 2.18. The van der Waals surface area contributed by atoms with Crippen LogP contribution in [0, 0.1) is 0 Å². The Bertz CT molecular complexity index is 1190. The molecule has 0 fully saturated rings. The molecule has 0 aromatic heterocycles. The number of esters is 4. The summed E-state index contributed by atoms with van der Waals surface area (Å²) in [5, 5.41) is 2.94. The van der Waals surface area contributed by atoms with Crippen molar-refractivity contribution in [3.05, 3.63) is 12.2 Å². The number of carbonyl (C=O) groups excluding carboxylic acids is 5. The van der Waals surface area contributed by atoms with Crippen molar-refractivity contribution < 1.29 is 42.9 Å². The first-order valence-electron chi connectivity index (χ1n) is 27.6. The van der Waals surface area contributed by atoms with Gasteiger partial charge in [0.25, 0.3) is 0 Å². The maximum atomic E-state index is 13.1. The lowest BCUT2D eigenvalue weighted by Crippen LogP contribution is -2.47. The molecule has 0 spiro atoms. The molecule has 10 heteroatoms. The van der Waals surface area contributed by atoms with Gasteiger partial charge in [0, 0.05) is 34.1 Å². The molecule has 0 aromatic carbocycles. The van der Waals surface area contributed by atoms with E-state index < -0.39 is 30.2 Å². The predicted molar refractivity (Wildman–Crippen MR) is 271 cm³/mol. The largest absolute Gasteiger partial charge is 0.466 e. The summed E-state index contributed by atoms with van der Waals surface area (Å²) in [4.78, 5) is 59.6. The van der Waals surface area contributed by atoms with Gasteiger partial charge >= 0.3 is 23.9 Å². The lowest BCUT2D eigenvalue weighted by atomic mass is 10.0. The van der Waals surface area contributed by atoms with Crippen molar-refractivity contribution >= 4 is 29.8 Å². The fraction of sp³-hybridized carbons (Fsp3) is 0.875. The van der Waals surface area contributed by atoms with Crippen molar-refractivity contribution in [3.63, 3.8) is 0 Å². The molecule has 1 amide bonds. The van der Waals surface area contributed by atoms with Gasteiger partial charge in [-0.1, -0.05) is 225 Å². The van der Waals surface area contributed by atoms with Gasteiger partial charge in [-0.15, -0.1) is 0 Å². The standard InChI is InChI=1S/C56H103NO9/c1-6-7-8-9-10-11-31-34-37-40-43-53(65-51(4)60)45-46-55(66-52(5)61)54(48-64-50(3)59)57-56(62)44-41-38-35-32-29-27-25-23-21-19-17-15-13-12-14-16-18-20-22-24-26-28-30-33-36-39-42-47-63-49(2)58/h45-46,53-55H,6-44,47-48H2,1-5H3,(H,57,62)/b46-45+/t53-,54+,55-/m1/s1. The number of amides is 1. The zero-order valence-electron chi connectivity index (χ0n) is 43.6. The summed E-state index contributed by atoms with van der Waals surface area (Å²) in [5.41, 5.74) is 0. The molecule has 0 saturated heterocycles. The molecule has 0 aliphatic heterocycles. The molecule has 0 heterocycles. The normalized spacial score (nSPS) is 12.7. The van der Waals surface area contributed by atoms with Crippen LogP contribution in [0.4, 0.5) is 0 Å². The van der Waals surface area contributed by atoms with Gasteiger partial charge in [-0.2, -0.15) is 0 Å². The molecule has 1 N–H and O–H groups in total. The van der Waals surface area contributed by atoms with Crippen LogP contribution in [-0.2, 0) is 42.9 Å². The van der Waals surface area contributed by atoms with E-state index in [-0.39, 0.29) is 24.5 Å². The third kappa shape index (κ3) is 47.6. The van der Waals surface area contributed by atoms with Crippen LogP contribution in [0.15, 0.2) is 12.2 Å². The van der Waals surface area contributed by atoms with Crippen molar-refractivity contribution in [2.75, 3.05) is 13.2 Å². The van der Waals surface area contributed by atoms with E-state index in [1.54, 1.807) is 12.2 Å². The summed E-state index contributed by atoms with van der Waals surface area (Å²) in [7, 11) is 0. The Labute approximate surface area is 405 Å². The number of hydrogen-bond donors (Lipinski definition) is 1. The fourth-order valence-electron chi connectivity index (χ4n) is 8.65. The van der Waals surface area contributed by atoms with E-state index in [2.05, 4.69) is 12.2 Å². The summed E-state index contributed by atoms with van der Waals surface area (Å²) in [6.45, 7) is 8.13. The number of rotatable bonds is 49. The van der Waals surface area contributed by atoms with Crippen molar-refractivity contribution in [1.29, 1.82) is 0 Å². The van der Waals surface area contributed by atoms with Crippen LogP contribution in [0.1, 0.15) is 285 Å². The van der Waals surface area contributed by atoms with Crippen LogP contribution in [0.2, 0.25) is 0 Å². The van der Waals surface area contributed by atoms with Gasteiger partial charge < -0.3 is 24.3 Å². The van der Waals surface area contributed by atoms with Crippen LogP contribution in [-0.4, -0.2) is 61.2 Å². The molecule has 0 aliphatic carbocycles. The van der Waals surface area contributed by atoms with Crippen LogP contribution < -0.4 is 5.32 Å². The minimum atomic E-state index is -0.895. The van der Waals surface area contributed by atoms with E-state index >= 15 is 0 Å². The molecule has 0 rings (SSSR count). The average Bonchev–Trinajstić information content (AvgIpc) is 3.27. The lowest BCUT2D eigenvalue weighted by Gasteiger charge is -2.26. The molecule has 0 radical (unpaired) electrons. The molecule has 0 aliphatic rings. The molecule has 0 aromatic rings. The number of carbonyl (C=O) groups is 5. The lowest BCUT2D eigenvalue weighted by molar-refractivity contribution is -0.150. The number of hydrogen-bond acceptors (Lipinski definition) is 9. The smallest absolute Gasteiger partial charge is 0.303 e. The average molecular weight is 934 g/mol. The second-order valence-corrected chi connectivity index (χ2v) is 19.2. The first kappa shape index (κ1) is 63.1. The number of unbranched alkanes of at least 4 members (excludes halogenated alkanes) is 35. The summed E-state index contributed by atoms with van der Waals surface area (Å²) >= 11 is 0.